The molecule has 0 bridgehead atoms. The first-order chi connectivity index (χ1) is 20.5. The standard InChI is InChI=1S/C32H29F3N4O3S/c1-38(19-24-8-13-28(42-2)14-9-24)43(40,41)29-15-10-25(16-27-12-11-26(18-36-27)32(33,34)35)30(17-29)31-21-39(22-37-31)20-23-6-4-3-5-7-23/h3-15,17-18,21-22H,16,19-20H2,1-2H3. The van der Waals surface area contributed by atoms with Crippen LogP contribution in [0.15, 0.2) is 109 Å². The van der Waals surface area contributed by atoms with Gasteiger partial charge in [0.05, 0.1) is 29.6 Å². The number of hydrogen-bond acceptors (Lipinski definition) is 5. The number of ether oxygens (including phenoxy) is 1. The second-order valence-corrected chi connectivity index (χ2v) is 12.1. The predicted octanol–water partition coefficient (Wildman–Crippen LogP) is 6.43. The van der Waals surface area contributed by atoms with Crippen LogP contribution in [-0.4, -0.2) is 41.4 Å². The molecule has 0 aliphatic rings. The van der Waals surface area contributed by atoms with E-state index in [1.54, 1.807) is 49.8 Å². The Hall–Kier alpha value is -4.48. The number of halogens is 3. The van der Waals surface area contributed by atoms with E-state index in [9.17, 15) is 21.6 Å². The summed E-state index contributed by atoms with van der Waals surface area (Å²) in [4.78, 5) is 8.64. The Morgan fingerprint density at radius 2 is 1.65 bits per heavy atom. The molecule has 0 radical (unpaired) electrons. The van der Waals surface area contributed by atoms with E-state index in [0.29, 0.717) is 34.8 Å². The topological polar surface area (TPSA) is 77.3 Å². The van der Waals surface area contributed by atoms with Gasteiger partial charge in [0.25, 0.3) is 0 Å². The van der Waals surface area contributed by atoms with Gasteiger partial charge in [-0.3, -0.25) is 4.98 Å². The van der Waals surface area contributed by atoms with Crippen LogP contribution >= 0.6 is 0 Å². The van der Waals surface area contributed by atoms with Crippen LogP contribution in [0.2, 0.25) is 0 Å². The summed E-state index contributed by atoms with van der Waals surface area (Å²) in [7, 11) is -0.841. The molecule has 0 spiro atoms. The second-order valence-electron chi connectivity index (χ2n) is 10.1. The number of nitrogens with zero attached hydrogens (tertiary/aromatic N) is 4. The first kappa shape index (κ1) is 30.0. The number of rotatable bonds is 10. The minimum atomic E-state index is -4.49. The van der Waals surface area contributed by atoms with E-state index >= 15 is 0 Å². The first-order valence-electron chi connectivity index (χ1n) is 13.3. The van der Waals surface area contributed by atoms with Crippen molar-refractivity contribution in [3.8, 4) is 17.0 Å². The monoisotopic (exact) mass is 606 g/mol. The maximum absolute atomic E-state index is 13.6. The molecule has 0 aliphatic carbocycles. The summed E-state index contributed by atoms with van der Waals surface area (Å²) in [6.07, 6.45) is -0.0172. The van der Waals surface area contributed by atoms with Crippen molar-refractivity contribution in [3.63, 3.8) is 0 Å². The predicted molar refractivity (Wildman–Crippen MR) is 157 cm³/mol. The number of methoxy groups -OCH3 is 1. The Balaban J connectivity index is 1.48. The van der Waals surface area contributed by atoms with Crippen LogP contribution in [0.1, 0.15) is 27.9 Å². The van der Waals surface area contributed by atoms with Crippen molar-refractivity contribution in [2.45, 2.75) is 30.6 Å². The lowest BCUT2D eigenvalue weighted by Gasteiger charge is -2.19. The second kappa shape index (κ2) is 12.4. The fourth-order valence-electron chi connectivity index (χ4n) is 4.63. The van der Waals surface area contributed by atoms with Gasteiger partial charge in [-0.1, -0.05) is 48.5 Å². The lowest BCUT2D eigenvalue weighted by Crippen LogP contribution is -2.26. The van der Waals surface area contributed by atoms with Gasteiger partial charge < -0.3 is 9.30 Å². The summed E-state index contributed by atoms with van der Waals surface area (Å²) < 4.78 is 74.8. The lowest BCUT2D eigenvalue weighted by molar-refractivity contribution is -0.137. The maximum Gasteiger partial charge on any atom is 0.417 e. The molecule has 43 heavy (non-hydrogen) atoms. The molecule has 0 saturated carbocycles. The van der Waals surface area contributed by atoms with Gasteiger partial charge in [-0.2, -0.15) is 17.5 Å². The third-order valence-electron chi connectivity index (χ3n) is 6.99. The number of imidazole rings is 1. The van der Waals surface area contributed by atoms with E-state index in [1.807, 2.05) is 41.1 Å². The Morgan fingerprint density at radius 3 is 2.30 bits per heavy atom. The average Bonchev–Trinajstić information content (AvgIpc) is 3.46. The molecule has 5 rings (SSSR count). The Bertz CT molecular complexity index is 1790. The molecule has 0 aliphatic heterocycles. The molecular formula is C32H29F3N4O3S. The molecule has 0 unspecified atom stereocenters. The van der Waals surface area contributed by atoms with Crippen LogP contribution in [0.5, 0.6) is 5.75 Å². The smallest absolute Gasteiger partial charge is 0.417 e. The fraction of sp³-hybridized carbons (Fsp3) is 0.188. The summed E-state index contributed by atoms with van der Waals surface area (Å²) in [6, 6.07) is 24.0. The molecular weight excluding hydrogens is 577 g/mol. The zero-order chi connectivity index (χ0) is 30.6. The SMILES string of the molecule is COc1ccc(CN(C)S(=O)(=O)c2ccc(Cc3ccc(C(F)(F)F)cn3)c(-c3cn(Cc4ccccc4)cn3)c2)cc1. The number of benzene rings is 3. The van der Waals surface area contributed by atoms with Crippen molar-refractivity contribution in [2.24, 2.45) is 0 Å². The van der Waals surface area contributed by atoms with Crippen LogP contribution in [0, 0.1) is 0 Å². The van der Waals surface area contributed by atoms with Crippen LogP contribution in [-0.2, 0) is 35.7 Å². The van der Waals surface area contributed by atoms with E-state index < -0.39 is 21.8 Å². The van der Waals surface area contributed by atoms with Crippen LogP contribution < -0.4 is 4.74 Å². The van der Waals surface area contributed by atoms with Gasteiger partial charge in [0.2, 0.25) is 10.0 Å². The Labute approximate surface area is 248 Å². The molecule has 7 nitrogen and oxygen atoms in total. The molecule has 0 saturated heterocycles. The van der Waals surface area contributed by atoms with Gasteiger partial charge in [-0.05, 0) is 53.1 Å². The highest BCUT2D eigenvalue weighted by molar-refractivity contribution is 7.89. The van der Waals surface area contributed by atoms with Crippen molar-refractivity contribution >= 4 is 10.0 Å². The number of aromatic nitrogens is 3. The number of pyridine rings is 1. The molecule has 2 aromatic heterocycles. The summed E-state index contributed by atoms with van der Waals surface area (Å²) in [5.74, 6) is 0.670. The lowest BCUT2D eigenvalue weighted by atomic mass is 10.00. The van der Waals surface area contributed by atoms with Crippen molar-refractivity contribution in [1.29, 1.82) is 0 Å². The van der Waals surface area contributed by atoms with Gasteiger partial charge in [0.1, 0.15) is 5.75 Å². The van der Waals surface area contributed by atoms with Crippen molar-refractivity contribution in [1.82, 2.24) is 18.8 Å². The van der Waals surface area contributed by atoms with E-state index in [-0.39, 0.29) is 17.9 Å². The fourth-order valence-corrected chi connectivity index (χ4v) is 5.82. The van der Waals surface area contributed by atoms with Gasteiger partial charge in [-0.25, -0.2) is 13.4 Å². The molecule has 11 heteroatoms. The highest BCUT2D eigenvalue weighted by atomic mass is 32.2. The first-order valence-corrected chi connectivity index (χ1v) is 14.8. The Kier molecular flexibility index (Phi) is 8.65. The maximum atomic E-state index is 13.6. The highest BCUT2D eigenvalue weighted by Gasteiger charge is 2.30. The molecule has 0 fully saturated rings. The van der Waals surface area contributed by atoms with E-state index in [1.165, 1.54) is 23.5 Å². The van der Waals surface area contributed by atoms with Crippen LogP contribution in [0.25, 0.3) is 11.3 Å². The number of hydrogen-bond donors (Lipinski definition) is 0. The molecule has 222 valence electrons. The third-order valence-corrected chi connectivity index (χ3v) is 8.79. The zero-order valence-corrected chi connectivity index (χ0v) is 24.3. The highest BCUT2D eigenvalue weighted by Crippen LogP contribution is 2.31. The summed E-state index contributed by atoms with van der Waals surface area (Å²) in [5.41, 5.74) is 3.19. The average molecular weight is 607 g/mol. The van der Waals surface area contributed by atoms with Gasteiger partial charge in [0.15, 0.2) is 0 Å². The molecule has 0 N–H and O–H groups in total. The summed E-state index contributed by atoms with van der Waals surface area (Å²) >= 11 is 0. The van der Waals surface area contributed by atoms with E-state index in [4.69, 9.17) is 4.74 Å². The van der Waals surface area contributed by atoms with Gasteiger partial charge in [0, 0.05) is 50.2 Å². The van der Waals surface area contributed by atoms with Crippen molar-refractivity contribution < 1.29 is 26.3 Å². The van der Waals surface area contributed by atoms with E-state index in [0.717, 1.165) is 23.4 Å². The molecule has 5 aromatic rings. The van der Waals surface area contributed by atoms with Gasteiger partial charge >= 0.3 is 6.18 Å². The molecule has 3 aromatic carbocycles. The van der Waals surface area contributed by atoms with Crippen molar-refractivity contribution in [3.05, 3.63) is 132 Å². The zero-order valence-electron chi connectivity index (χ0n) is 23.5. The molecule has 0 amide bonds. The number of alkyl halides is 3. The summed E-state index contributed by atoms with van der Waals surface area (Å²) in [5, 5.41) is 0. The minimum absolute atomic E-state index is 0.0697. The van der Waals surface area contributed by atoms with Crippen LogP contribution in [0.4, 0.5) is 13.2 Å². The normalized spacial score (nSPS) is 12.0. The van der Waals surface area contributed by atoms with Crippen LogP contribution in [0.3, 0.4) is 0 Å². The largest absolute Gasteiger partial charge is 0.497 e. The van der Waals surface area contributed by atoms with Crippen molar-refractivity contribution in [2.75, 3.05) is 14.2 Å². The van der Waals surface area contributed by atoms with Gasteiger partial charge in [-0.15, -0.1) is 0 Å². The Morgan fingerprint density at radius 1 is 0.907 bits per heavy atom. The third kappa shape index (κ3) is 7.12. The molecule has 0 atom stereocenters. The minimum Gasteiger partial charge on any atom is -0.497 e. The molecule has 2 heterocycles. The number of sulfonamides is 1. The summed E-state index contributed by atoms with van der Waals surface area (Å²) in [6.45, 7) is 0.705. The quantitative estimate of drug-likeness (QED) is 0.183. The van der Waals surface area contributed by atoms with E-state index in [2.05, 4.69) is 9.97 Å².